The van der Waals surface area contributed by atoms with E-state index in [4.69, 9.17) is 4.43 Å². The molecule has 0 radical (unpaired) electrons. The van der Waals surface area contributed by atoms with Gasteiger partial charge in [0.2, 0.25) is 0 Å². The van der Waals surface area contributed by atoms with Crippen LogP contribution in [0.25, 0.3) is 0 Å². The maximum atomic E-state index is 13.5. The minimum atomic E-state index is -3.32. The van der Waals surface area contributed by atoms with Gasteiger partial charge in [-0.15, -0.1) is 6.58 Å². The van der Waals surface area contributed by atoms with Crippen molar-refractivity contribution in [3.8, 4) is 0 Å². The Bertz CT molecular complexity index is 976. The molecule has 0 bridgehead atoms. The molecule has 5 heteroatoms. The zero-order chi connectivity index (χ0) is 21.7. The normalized spacial score (nSPS) is 19.8. The van der Waals surface area contributed by atoms with Crippen LogP contribution < -0.4 is 10.4 Å². The van der Waals surface area contributed by atoms with Gasteiger partial charge in [0.05, 0.1) is 16.1 Å². The molecule has 2 saturated carbocycles. The Balaban J connectivity index is 1.78. The summed E-state index contributed by atoms with van der Waals surface area (Å²) in [4.78, 5) is 0. The molecule has 0 aliphatic heterocycles. The van der Waals surface area contributed by atoms with Gasteiger partial charge in [-0.05, 0) is 41.1 Å². The first-order chi connectivity index (χ1) is 14.1. The van der Waals surface area contributed by atoms with Crippen LogP contribution in [-0.2, 0) is 14.3 Å². The Morgan fingerprint density at radius 2 is 1.40 bits per heavy atom. The van der Waals surface area contributed by atoms with E-state index < -0.39 is 27.6 Å². The summed E-state index contributed by atoms with van der Waals surface area (Å²) in [5.41, 5.74) is 0. The van der Waals surface area contributed by atoms with Gasteiger partial charge < -0.3 is 4.43 Å². The van der Waals surface area contributed by atoms with Crippen molar-refractivity contribution in [2.24, 2.45) is 0 Å². The minimum absolute atomic E-state index is 0.161. The topological polar surface area (TPSA) is 43.4 Å². The Morgan fingerprint density at radius 1 is 0.933 bits per heavy atom. The van der Waals surface area contributed by atoms with E-state index in [9.17, 15) is 8.42 Å². The Morgan fingerprint density at radius 3 is 1.73 bits per heavy atom. The van der Waals surface area contributed by atoms with E-state index in [-0.39, 0.29) is 11.6 Å². The third-order valence-electron chi connectivity index (χ3n) is 7.00. The second-order valence-electron chi connectivity index (χ2n) is 9.91. The summed E-state index contributed by atoms with van der Waals surface area (Å²) in [6.07, 6.45) is 4.41. The molecule has 4 rings (SSSR count). The SMILES string of the molecule is C=CC1(S(=O)(=O)C2(CO[Si](c3ccccc3)(c3ccccc3)C(C)(C)C)CC2)CC1. The second-order valence-corrected chi connectivity index (χ2v) is 16.9. The lowest BCUT2D eigenvalue weighted by Gasteiger charge is -2.44. The van der Waals surface area contributed by atoms with Gasteiger partial charge in [-0.2, -0.15) is 0 Å². The van der Waals surface area contributed by atoms with Crippen molar-refractivity contribution in [3.63, 3.8) is 0 Å². The van der Waals surface area contributed by atoms with Crippen molar-refractivity contribution in [1.82, 2.24) is 0 Å². The molecule has 30 heavy (non-hydrogen) atoms. The molecule has 2 fully saturated rings. The summed E-state index contributed by atoms with van der Waals surface area (Å²) in [5, 5.41) is 2.20. The zero-order valence-corrected chi connectivity index (χ0v) is 20.0. The van der Waals surface area contributed by atoms with E-state index in [2.05, 4.69) is 75.9 Å². The highest BCUT2D eigenvalue weighted by Gasteiger charge is 2.67. The summed E-state index contributed by atoms with van der Waals surface area (Å²) in [5.74, 6) is 0. The van der Waals surface area contributed by atoms with Crippen molar-refractivity contribution in [2.75, 3.05) is 6.61 Å². The van der Waals surface area contributed by atoms with E-state index in [0.717, 1.165) is 0 Å². The van der Waals surface area contributed by atoms with Gasteiger partial charge in [-0.1, -0.05) is 87.5 Å². The monoisotopic (exact) mass is 440 g/mol. The van der Waals surface area contributed by atoms with Gasteiger partial charge in [-0.25, -0.2) is 8.42 Å². The highest BCUT2D eigenvalue weighted by atomic mass is 32.2. The van der Waals surface area contributed by atoms with Gasteiger partial charge in [0.25, 0.3) is 8.32 Å². The number of benzene rings is 2. The van der Waals surface area contributed by atoms with Gasteiger partial charge in [0.15, 0.2) is 9.84 Å². The van der Waals surface area contributed by atoms with Gasteiger partial charge in [0, 0.05) is 0 Å². The van der Waals surface area contributed by atoms with Crippen LogP contribution in [0, 0.1) is 0 Å². The van der Waals surface area contributed by atoms with Gasteiger partial charge >= 0.3 is 0 Å². The summed E-state index contributed by atoms with van der Waals surface area (Å²) in [6, 6.07) is 20.8. The average molecular weight is 441 g/mol. The number of rotatable bonds is 8. The van der Waals surface area contributed by atoms with Crippen molar-refractivity contribution in [2.45, 2.75) is 61.0 Å². The summed E-state index contributed by atoms with van der Waals surface area (Å²) in [6.45, 7) is 10.8. The van der Waals surface area contributed by atoms with E-state index in [1.54, 1.807) is 6.08 Å². The molecule has 2 aromatic carbocycles. The molecule has 0 spiro atoms. The first kappa shape index (κ1) is 21.5. The van der Waals surface area contributed by atoms with Crippen LogP contribution >= 0.6 is 0 Å². The predicted octanol–water partition coefficient (Wildman–Crippen LogP) is 4.23. The zero-order valence-electron chi connectivity index (χ0n) is 18.2. The van der Waals surface area contributed by atoms with Gasteiger partial charge in [-0.3, -0.25) is 0 Å². The number of hydrogen-bond donors (Lipinski definition) is 0. The third kappa shape index (κ3) is 3.14. The Labute approximate surface area is 182 Å². The van der Waals surface area contributed by atoms with E-state index in [1.165, 1.54) is 10.4 Å². The third-order valence-corrected chi connectivity index (χ3v) is 15.3. The smallest absolute Gasteiger partial charge is 0.261 e. The lowest BCUT2D eigenvalue weighted by Crippen LogP contribution is -2.67. The highest BCUT2D eigenvalue weighted by molar-refractivity contribution is 7.95. The minimum Gasteiger partial charge on any atom is -0.406 e. The van der Waals surface area contributed by atoms with Crippen LogP contribution in [0.4, 0.5) is 0 Å². The van der Waals surface area contributed by atoms with Crippen LogP contribution in [0.3, 0.4) is 0 Å². The molecule has 2 aliphatic carbocycles. The number of sulfone groups is 1. The summed E-state index contributed by atoms with van der Waals surface area (Å²) in [7, 11) is -6.06. The molecule has 0 unspecified atom stereocenters. The van der Waals surface area contributed by atoms with Crippen LogP contribution in [0.5, 0.6) is 0 Å². The Hall–Kier alpha value is -1.69. The van der Waals surface area contributed by atoms with E-state index in [0.29, 0.717) is 25.7 Å². The van der Waals surface area contributed by atoms with Crippen molar-refractivity contribution in [3.05, 3.63) is 73.3 Å². The highest BCUT2D eigenvalue weighted by Crippen LogP contribution is 2.57. The lowest BCUT2D eigenvalue weighted by atomic mass is 10.2. The molecule has 3 nitrogen and oxygen atoms in total. The molecular weight excluding hydrogens is 408 g/mol. The quantitative estimate of drug-likeness (QED) is 0.456. The van der Waals surface area contributed by atoms with Crippen LogP contribution in [-0.4, -0.2) is 32.8 Å². The van der Waals surface area contributed by atoms with E-state index in [1.807, 2.05) is 12.1 Å². The van der Waals surface area contributed by atoms with Crippen molar-refractivity contribution >= 4 is 28.5 Å². The molecule has 0 saturated heterocycles. The number of hydrogen-bond acceptors (Lipinski definition) is 3. The summed E-state index contributed by atoms with van der Waals surface area (Å²) < 4.78 is 32.6. The molecule has 2 aromatic rings. The fraction of sp³-hybridized carbons (Fsp3) is 0.440. The molecule has 0 aromatic heterocycles. The maximum Gasteiger partial charge on any atom is 0.261 e. The van der Waals surface area contributed by atoms with Crippen molar-refractivity contribution < 1.29 is 12.8 Å². The fourth-order valence-electron chi connectivity index (χ4n) is 4.77. The maximum absolute atomic E-state index is 13.5. The van der Waals surface area contributed by atoms with Crippen molar-refractivity contribution in [1.29, 1.82) is 0 Å². The molecular formula is C25H32O3SSi. The average Bonchev–Trinajstić information content (AvgIpc) is 3.63. The lowest BCUT2D eigenvalue weighted by molar-refractivity contribution is 0.287. The molecule has 0 amide bonds. The molecule has 0 atom stereocenters. The first-order valence-electron chi connectivity index (χ1n) is 10.8. The van der Waals surface area contributed by atoms with Crippen LogP contribution in [0.1, 0.15) is 46.5 Å². The Kier molecular flexibility index (Phi) is 5.15. The van der Waals surface area contributed by atoms with Gasteiger partial charge in [0.1, 0.15) is 0 Å². The molecule has 160 valence electrons. The molecule has 2 aliphatic rings. The van der Waals surface area contributed by atoms with Crippen LogP contribution in [0.15, 0.2) is 73.3 Å². The fourth-order valence-corrected chi connectivity index (χ4v) is 12.1. The summed E-state index contributed by atoms with van der Waals surface area (Å²) >= 11 is 0. The largest absolute Gasteiger partial charge is 0.406 e. The molecule has 0 heterocycles. The predicted molar refractivity (Wildman–Crippen MR) is 127 cm³/mol. The van der Waals surface area contributed by atoms with Crippen LogP contribution in [0.2, 0.25) is 5.04 Å². The standard InChI is InChI=1S/C25H32O3SSi/c1-5-24(16-17-24)29(26,27)25(18-19-25)20-28-30(23(2,3)4,21-12-8-6-9-13-21)22-14-10-7-11-15-22/h5-15H,1,16-20H2,2-4H3. The second kappa shape index (κ2) is 7.18. The van der Waals surface area contributed by atoms with E-state index >= 15 is 0 Å². The molecule has 0 N–H and O–H groups in total. The first-order valence-corrected chi connectivity index (χ1v) is 14.2.